The van der Waals surface area contributed by atoms with E-state index in [2.05, 4.69) is 24.1 Å². The van der Waals surface area contributed by atoms with Gasteiger partial charge < -0.3 is 15.0 Å². The second kappa shape index (κ2) is 4.82. The standard InChI is InChI=1S/C13H19FN2O/c1-4-16-9(2)5-6-15-11-7-10(14)13(17-3)8-12(11)16/h7-9,15H,4-6H2,1-3H3. The van der Waals surface area contributed by atoms with Crippen LogP contribution >= 0.6 is 0 Å². The number of fused-ring (bicyclic) bond motifs is 1. The molecule has 0 bridgehead atoms. The van der Waals surface area contributed by atoms with Gasteiger partial charge >= 0.3 is 0 Å². The minimum atomic E-state index is -0.315. The van der Waals surface area contributed by atoms with Gasteiger partial charge in [0.05, 0.1) is 18.5 Å². The molecule has 0 saturated carbocycles. The van der Waals surface area contributed by atoms with Crippen molar-refractivity contribution in [3.8, 4) is 5.75 Å². The third-order valence-electron chi connectivity index (χ3n) is 3.33. The second-order valence-electron chi connectivity index (χ2n) is 4.35. The number of nitrogens with zero attached hydrogens (tertiary/aromatic N) is 1. The SMILES string of the molecule is CCN1c2cc(OC)c(F)cc2NCCC1C. The van der Waals surface area contributed by atoms with Crippen LogP contribution in [0.2, 0.25) is 0 Å². The van der Waals surface area contributed by atoms with Gasteiger partial charge in [0.15, 0.2) is 11.6 Å². The van der Waals surface area contributed by atoms with Crippen molar-refractivity contribution >= 4 is 11.4 Å². The topological polar surface area (TPSA) is 24.5 Å². The van der Waals surface area contributed by atoms with Gasteiger partial charge in [0.1, 0.15) is 0 Å². The predicted octanol–water partition coefficient (Wildman–Crippen LogP) is 2.86. The summed E-state index contributed by atoms with van der Waals surface area (Å²) in [5.74, 6) is -0.0116. The third kappa shape index (κ3) is 2.16. The molecule has 0 fully saturated rings. The van der Waals surface area contributed by atoms with E-state index in [-0.39, 0.29) is 5.82 Å². The average molecular weight is 238 g/mol. The highest BCUT2D eigenvalue weighted by atomic mass is 19.1. The quantitative estimate of drug-likeness (QED) is 0.857. The van der Waals surface area contributed by atoms with Crippen molar-refractivity contribution in [2.45, 2.75) is 26.3 Å². The summed E-state index contributed by atoms with van der Waals surface area (Å²) >= 11 is 0. The number of anilines is 2. The van der Waals surface area contributed by atoms with Crippen molar-refractivity contribution in [3.05, 3.63) is 17.9 Å². The van der Waals surface area contributed by atoms with E-state index in [1.165, 1.54) is 13.2 Å². The number of methoxy groups -OCH3 is 1. The molecule has 94 valence electrons. The maximum Gasteiger partial charge on any atom is 0.167 e. The fourth-order valence-electron chi connectivity index (χ4n) is 2.37. The largest absolute Gasteiger partial charge is 0.494 e. The smallest absolute Gasteiger partial charge is 0.167 e. The monoisotopic (exact) mass is 238 g/mol. The summed E-state index contributed by atoms with van der Waals surface area (Å²) in [6, 6.07) is 3.75. The number of rotatable bonds is 2. The lowest BCUT2D eigenvalue weighted by molar-refractivity contribution is 0.386. The molecule has 1 heterocycles. The van der Waals surface area contributed by atoms with E-state index in [1.54, 1.807) is 6.07 Å². The Hall–Kier alpha value is -1.45. The van der Waals surface area contributed by atoms with Crippen LogP contribution < -0.4 is 15.0 Å². The van der Waals surface area contributed by atoms with E-state index in [4.69, 9.17) is 4.74 Å². The molecule has 1 unspecified atom stereocenters. The lowest BCUT2D eigenvalue weighted by Gasteiger charge is -2.29. The Kier molecular flexibility index (Phi) is 3.41. The zero-order valence-corrected chi connectivity index (χ0v) is 10.6. The molecule has 0 spiro atoms. The molecule has 1 aromatic carbocycles. The molecule has 0 saturated heterocycles. The fraction of sp³-hybridized carbons (Fsp3) is 0.538. The van der Waals surface area contributed by atoms with E-state index >= 15 is 0 Å². The molecule has 1 aromatic rings. The fourth-order valence-corrected chi connectivity index (χ4v) is 2.37. The maximum atomic E-state index is 13.7. The van der Waals surface area contributed by atoms with Crippen molar-refractivity contribution in [1.82, 2.24) is 0 Å². The second-order valence-corrected chi connectivity index (χ2v) is 4.35. The number of benzene rings is 1. The summed E-state index contributed by atoms with van der Waals surface area (Å²) in [7, 11) is 1.49. The Morgan fingerprint density at radius 2 is 2.29 bits per heavy atom. The summed E-state index contributed by atoms with van der Waals surface area (Å²) in [6.07, 6.45) is 1.05. The number of ether oxygens (including phenoxy) is 1. The van der Waals surface area contributed by atoms with Gasteiger partial charge in [-0.1, -0.05) is 0 Å². The Morgan fingerprint density at radius 3 is 2.94 bits per heavy atom. The highest BCUT2D eigenvalue weighted by molar-refractivity contribution is 5.73. The summed E-state index contributed by atoms with van der Waals surface area (Å²) in [5, 5.41) is 3.27. The molecule has 4 heteroatoms. The highest BCUT2D eigenvalue weighted by Gasteiger charge is 2.21. The van der Waals surface area contributed by atoms with Gasteiger partial charge in [-0.25, -0.2) is 4.39 Å². The van der Waals surface area contributed by atoms with Gasteiger partial charge in [-0.15, -0.1) is 0 Å². The van der Waals surface area contributed by atoms with Crippen LogP contribution in [-0.2, 0) is 0 Å². The number of hydrogen-bond donors (Lipinski definition) is 1. The first-order valence-corrected chi connectivity index (χ1v) is 6.05. The van der Waals surface area contributed by atoms with Crippen LogP contribution in [0.3, 0.4) is 0 Å². The van der Waals surface area contributed by atoms with Crippen LogP contribution in [0.5, 0.6) is 5.75 Å². The molecule has 0 aromatic heterocycles. The first-order chi connectivity index (χ1) is 8.17. The zero-order chi connectivity index (χ0) is 12.4. The van der Waals surface area contributed by atoms with E-state index in [1.807, 2.05) is 0 Å². The van der Waals surface area contributed by atoms with Gasteiger partial charge in [0, 0.05) is 31.3 Å². The summed E-state index contributed by atoms with van der Waals surface area (Å²) in [6.45, 7) is 6.08. The molecule has 1 atom stereocenters. The molecule has 0 aliphatic carbocycles. The van der Waals surface area contributed by atoms with Crippen molar-refractivity contribution in [2.24, 2.45) is 0 Å². The molecule has 0 radical (unpaired) electrons. The van der Waals surface area contributed by atoms with E-state index in [9.17, 15) is 4.39 Å². The van der Waals surface area contributed by atoms with E-state index in [0.29, 0.717) is 11.8 Å². The maximum absolute atomic E-state index is 13.7. The minimum absolute atomic E-state index is 0.304. The Labute approximate surface area is 102 Å². The van der Waals surface area contributed by atoms with Crippen LogP contribution in [0.25, 0.3) is 0 Å². The first kappa shape index (κ1) is 12.0. The van der Waals surface area contributed by atoms with Gasteiger partial charge in [-0.2, -0.15) is 0 Å². The molecule has 1 aliphatic rings. The molecule has 1 N–H and O–H groups in total. The first-order valence-electron chi connectivity index (χ1n) is 6.05. The lowest BCUT2D eigenvalue weighted by atomic mass is 10.1. The van der Waals surface area contributed by atoms with E-state index < -0.39 is 0 Å². The van der Waals surface area contributed by atoms with Gasteiger partial charge in [-0.3, -0.25) is 0 Å². The van der Waals surface area contributed by atoms with Crippen molar-refractivity contribution < 1.29 is 9.13 Å². The summed E-state index contributed by atoms with van der Waals surface area (Å²) < 4.78 is 18.7. The van der Waals surface area contributed by atoms with Crippen molar-refractivity contribution in [2.75, 3.05) is 30.4 Å². The van der Waals surface area contributed by atoms with Crippen LogP contribution in [0.1, 0.15) is 20.3 Å². The van der Waals surface area contributed by atoms with Gasteiger partial charge in [0.2, 0.25) is 0 Å². The molecule has 0 amide bonds. The number of nitrogens with one attached hydrogen (secondary N) is 1. The Morgan fingerprint density at radius 1 is 1.53 bits per heavy atom. The molecule has 3 nitrogen and oxygen atoms in total. The average Bonchev–Trinajstić information content (AvgIpc) is 2.46. The van der Waals surface area contributed by atoms with Crippen LogP contribution in [-0.4, -0.2) is 26.2 Å². The number of hydrogen-bond acceptors (Lipinski definition) is 3. The summed E-state index contributed by atoms with van der Waals surface area (Å²) in [5.41, 5.74) is 1.88. The Balaban J connectivity index is 2.49. The van der Waals surface area contributed by atoms with Gasteiger partial charge in [-0.05, 0) is 20.3 Å². The predicted molar refractivity (Wildman–Crippen MR) is 68.5 cm³/mol. The normalized spacial score (nSPS) is 19.3. The molecule has 1 aliphatic heterocycles. The molecular formula is C13H19FN2O. The van der Waals surface area contributed by atoms with Crippen molar-refractivity contribution in [1.29, 1.82) is 0 Å². The van der Waals surface area contributed by atoms with Crippen molar-refractivity contribution in [3.63, 3.8) is 0 Å². The minimum Gasteiger partial charge on any atom is -0.494 e. The zero-order valence-electron chi connectivity index (χ0n) is 10.6. The van der Waals surface area contributed by atoms with Crippen LogP contribution in [0.4, 0.5) is 15.8 Å². The van der Waals surface area contributed by atoms with Crippen LogP contribution in [0.15, 0.2) is 12.1 Å². The van der Waals surface area contributed by atoms with Crippen LogP contribution in [0, 0.1) is 5.82 Å². The molecular weight excluding hydrogens is 219 g/mol. The van der Waals surface area contributed by atoms with E-state index in [0.717, 1.165) is 30.9 Å². The highest BCUT2D eigenvalue weighted by Crippen LogP contribution is 2.35. The molecule has 2 rings (SSSR count). The number of halogens is 1. The molecule has 17 heavy (non-hydrogen) atoms. The summed E-state index contributed by atoms with van der Waals surface area (Å²) in [4.78, 5) is 2.28. The Bertz CT molecular complexity index is 409. The third-order valence-corrected chi connectivity index (χ3v) is 3.33. The lowest BCUT2D eigenvalue weighted by Crippen LogP contribution is -2.32. The van der Waals surface area contributed by atoms with Gasteiger partial charge in [0.25, 0.3) is 0 Å².